The van der Waals surface area contributed by atoms with E-state index in [1.54, 1.807) is 61.2 Å². The lowest BCUT2D eigenvalue weighted by Crippen LogP contribution is -2.59. The standard InChI is InChI=1S/C37H44FN7O7/c1-6-10-30(41-37(49)52-7-2)35(47)42-19-21-43(22-20-42)45-33(40-29-12-9-8-11-28(29)34(45)46)24(3)44(31-18-17-27(50-4)23-32(31)51-5)36(48)39-26-15-13-25(38)14-16-26/h8-9,11-18,23-24,30H,6-7,10,19-22H2,1-5H3,(H,39,48)(H,41,49)/t24?,30-/m0/s1. The molecule has 0 saturated carbocycles. The van der Waals surface area contributed by atoms with E-state index in [0.29, 0.717) is 46.6 Å². The van der Waals surface area contributed by atoms with E-state index in [-0.39, 0.29) is 50.1 Å². The second-order valence-electron chi connectivity index (χ2n) is 12.1. The van der Waals surface area contributed by atoms with E-state index < -0.39 is 30.0 Å². The lowest BCUT2D eigenvalue weighted by molar-refractivity contribution is -0.134. The molecule has 15 heteroatoms. The molecule has 0 aliphatic carbocycles. The van der Waals surface area contributed by atoms with Gasteiger partial charge in [0, 0.05) is 24.8 Å². The van der Waals surface area contributed by atoms with Gasteiger partial charge in [0.1, 0.15) is 23.4 Å². The zero-order valence-corrected chi connectivity index (χ0v) is 29.9. The Hall–Kier alpha value is -5.86. The van der Waals surface area contributed by atoms with Gasteiger partial charge in [0.15, 0.2) is 5.82 Å². The van der Waals surface area contributed by atoms with E-state index in [2.05, 4.69) is 10.6 Å². The summed E-state index contributed by atoms with van der Waals surface area (Å²) in [4.78, 5) is 62.3. The number of aromatic nitrogens is 2. The molecule has 0 bridgehead atoms. The summed E-state index contributed by atoms with van der Waals surface area (Å²) in [6.07, 6.45) is 0.465. The van der Waals surface area contributed by atoms with E-state index >= 15 is 0 Å². The maximum absolute atomic E-state index is 14.3. The zero-order chi connectivity index (χ0) is 37.4. The van der Waals surface area contributed by atoms with Gasteiger partial charge in [-0.15, -0.1) is 0 Å². The molecule has 276 valence electrons. The van der Waals surface area contributed by atoms with Gasteiger partial charge in [-0.3, -0.25) is 14.5 Å². The van der Waals surface area contributed by atoms with Crippen LogP contribution in [0.2, 0.25) is 0 Å². The lowest BCUT2D eigenvalue weighted by atomic mass is 10.1. The number of hydrogen-bond acceptors (Lipinski definition) is 9. The number of amides is 4. The Morgan fingerprint density at radius 3 is 2.33 bits per heavy atom. The van der Waals surface area contributed by atoms with Crippen molar-refractivity contribution in [2.75, 3.05) is 62.2 Å². The summed E-state index contributed by atoms with van der Waals surface area (Å²) >= 11 is 0. The molecule has 2 N–H and O–H groups in total. The molecule has 14 nitrogen and oxygen atoms in total. The van der Waals surface area contributed by atoms with Crippen molar-refractivity contribution in [3.8, 4) is 11.5 Å². The summed E-state index contributed by atoms with van der Waals surface area (Å²) in [7, 11) is 2.99. The molecule has 1 aliphatic rings. The maximum atomic E-state index is 14.3. The molecule has 1 aromatic heterocycles. The molecule has 2 atom stereocenters. The van der Waals surface area contributed by atoms with Gasteiger partial charge in [0.05, 0.1) is 56.5 Å². The van der Waals surface area contributed by atoms with Crippen molar-refractivity contribution in [1.82, 2.24) is 19.9 Å². The highest BCUT2D eigenvalue weighted by atomic mass is 19.1. The van der Waals surface area contributed by atoms with E-state index in [9.17, 15) is 23.6 Å². The molecule has 2 heterocycles. The summed E-state index contributed by atoms with van der Waals surface area (Å²) in [6, 6.07) is 15.1. The van der Waals surface area contributed by atoms with Crippen LogP contribution in [0.3, 0.4) is 0 Å². The topological polar surface area (TPSA) is 148 Å². The van der Waals surface area contributed by atoms with E-state index in [0.717, 1.165) is 0 Å². The molecule has 0 spiro atoms. The Balaban J connectivity index is 1.54. The molecule has 4 amide bonds. The highest BCUT2D eigenvalue weighted by Gasteiger charge is 2.34. The lowest BCUT2D eigenvalue weighted by Gasteiger charge is -2.40. The number of methoxy groups -OCH3 is 2. The fraction of sp³-hybridized carbons (Fsp3) is 0.378. The van der Waals surface area contributed by atoms with Gasteiger partial charge >= 0.3 is 12.1 Å². The largest absolute Gasteiger partial charge is 0.497 e. The average molecular weight is 718 g/mol. The monoisotopic (exact) mass is 717 g/mol. The number of alkyl carbamates (subject to hydrolysis) is 1. The number of urea groups is 1. The first-order valence-corrected chi connectivity index (χ1v) is 17.2. The smallest absolute Gasteiger partial charge is 0.407 e. The molecular weight excluding hydrogens is 673 g/mol. The van der Waals surface area contributed by atoms with Crippen molar-refractivity contribution in [2.24, 2.45) is 0 Å². The molecule has 1 unspecified atom stereocenters. The summed E-state index contributed by atoms with van der Waals surface area (Å²) in [5.41, 5.74) is 0.795. The Morgan fingerprint density at radius 2 is 1.67 bits per heavy atom. The van der Waals surface area contributed by atoms with E-state index in [1.165, 1.54) is 48.1 Å². The highest BCUT2D eigenvalue weighted by molar-refractivity contribution is 6.03. The number of halogens is 1. The van der Waals surface area contributed by atoms with Gasteiger partial charge in [0.2, 0.25) is 5.91 Å². The minimum Gasteiger partial charge on any atom is -0.497 e. The van der Waals surface area contributed by atoms with Crippen LogP contribution in [0, 0.1) is 5.82 Å². The fourth-order valence-electron chi connectivity index (χ4n) is 6.19. The summed E-state index contributed by atoms with van der Waals surface area (Å²) < 4.78 is 31.3. The molecule has 4 aromatic rings. The van der Waals surface area contributed by atoms with Crippen LogP contribution in [-0.4, -0.2) is 85.6 Å². The number of piperazine rings is 1. The highest BCUT2D eigenvalue weighted by Crippen LogP contribution is 2.37. The first kappa shape index (κ1) is 37.4. The van der Waals surface area contributed by atoms with Crippen LogP contribution in [0.15, 0.2) is 71.5 Å². The average Bonchev–Trinajstić information content (AvgIpc) is 3.15. The molecule has 1 aliphatic heterocycles. The van der Waals surface area contributed by atoms with Crippen LogP contribution < -0.4 is 35.6 Å². The minimum atomic E-state index is -0.887. The number of nitrogens with one attached hydrogen (secondary N) is 2. The molecule has 1 fully saturated rings. The second-order valence-corrected chi connectivity index (χ2v) is 12.1. The van der Waals surface area contributed by atoms with Gasteiger partial charge in [-0.1, -0.05) is 25.5 Å². The Kier molecular flexibility index (Phi) is 12.2. The Morgan fingerprint density at radius 1 is 0.962 bits per heavy atom. The number of hydrogen-bond donors (Lipinski definition) is 2. The maximum Gasteiger partial charge on any atom is 0.407 e. The van der Waals surface area contributed by atoms with E-state index in [4.69, 9.17) is 19.2 Å². The van der Waals surface area contributed by atoms with Gasteiger partial charge in [-0.05, 0) is 68.8 Å². The zero-order valence-electron chi connectivity index (χ0n) is 29.9. The molecule has 1 saturated heterocycles. The van der Waals surface area contributed by atoms with Crippen molar-refractivity contribution in [2.45, 2.75) is 45.7 Å². The van der Waals surface area contributed by atoms with Crippen LogP contribution >= 0.6 is 0 Å². The number of nitrogens with zero attached hydrogens (tertiary/aromatic N) is 5. The number of carbonyl (C=O) groups excluding carboxylic acids is 3. The Labute approximate surface area is 301 Å². The minimum absolute atomic E-state index is 0.184. The quantitative estimate of drug-likeness (QED) is 0.206. The van der Waals surface area contributed by atoms with Crippen LogP contribution in [0.1, 0.15) is 45.5 Å². The van der Waals surface area contributed by atoms with Crippen molar-refractivity contribution in [3.05, 3.63) is 88.7 Å². The predicted molar refractivity (Wildman–Crippen MR) is 195 cm³/mol. The van der Waals surface area contributed by atoms with Crippen molar-refractivity contribution in [1.29, 1.82) is 0 Å². The fourth-order valence-corrected chi connectivity index (χ4v) is 6.19. The van der Waals surface area contributed by atoms with Crippen molar-refractivity contribution in [3.63, 3.8) is 0 Å². The van der Waals surface area contributed by atoms with Crippen LogP contribution in [-0.2, 0) is 9.53 Å². The van der Waals surface area contributed by atoms with Gasteiger partial charge in [-0.25, -0.2) is 23.6 Å². The normalized spacial score (nSPS) is 14.0. The van der Waals surface area contributed by atoms with Gasteiger partial charge < -0.3 is 34.8 Å². The van der Waals surface area contributed by atoms with Crippen LogP contribution in [0.5, 0.6) is 11.5 Å². The number of benzene rings is 3. The summed E-state index contributed by atoms with van der Waals surface area (Å²) in [6.45, 7) is 6.60. The second kappa shape index (κ2) is 16.9. The SMILES string of the molecule is CCC[C@H](NC(=O)OCC)C(=O)N1CCN(n2c(C(C)N(C(=O)Nc3ccc(F)cc3)c3ccc(OC)cc3OC)nc3ccccc3c2=O)CC1. The molecule has 3 aromatic carbocycles. The number of carbonyl (C=O) groups is 3. The van der Waals surface area contributed by atoms with Gasteiger partial charge in [-0.2, -0.15) is 0 Å². The predicted octanol–water partition coefficient (Wildman–Crippen LogP) is 5.05. The first-order valence-electron chi connectivity index (χ1n) is 17.2. The number of rotatable bonds is 12. The van der Waals surface area contributed by atoms with Crippen LogP contribution in [0.25, 0.3) is 10.9 Å². The molecule has 0 radical (unpaired) electrons. The Bertz CT molecular complexity index is 1950. The van der Waals surface area contributed by atoms with Gasteiger partial charge in [0.25, 0.3) is 5.56 Å². The number of anilines is 2. The third-order valence-corrected chi connectivity index (χ3v) is 8.79. The van der Waals surface area contributed by atoms with Crippen LogP contribution in [0.4, 0.5) is 25.4 Å². The summed E-state index contributed by atoms with van der Waals surface area (Å²) in [5, 5.41) is 7.70. The summed E-state index contributed by atoms with van der Waals surface area (Å²) in [5.74, 6) is 0.382. The third-order valence-electron chi connectivity index (χ3n) is 8.79. The van der Waals surface area contributed by atoms with Crippen molar-refractivity contribution < 1.29 is 33.0 Å². The third kappa shape index (κ3) is 8.19. The van der Waals surface area contributed by atoms with E-state index in [1.807, 2.05) is 11.9 Å². The molecule has 5 rings (SSSR count). The van der Waals surface area contributed by atoms with Crippen molar-refractivity contribution >= 4 is 40.3 Å². The number of fused-ring (bicyclic) bond motifs is 1. The first-order chi connectivity index (χ1) is 25.1. The molecule has 52 heavy (non-hydrogen) atoms. The molecular formula is C37H44FN7O7. The number of ether oxygens (including phenoxy) is 3. The number of para-hydroxylation sites is 1.